The van der Waals surface area contributed by atoms with Gasteiger partial charge in [-0.3, -0.25) is 4.40 Å². The van der Waals surface area contributed by atoms with E-state index in [-0.39, 0.29) is 5.82 Å². The first kappa shape index (κ1) is 12.2. The second kappa shape index (κ2) is 4.66. The minimum Gasteiger partial charge on any atom is -0.495 e. The second-order valence-electron chi connectivity index (χ2n) is 4.06. The van der Waals surface area contributed by atoms with Gasteiger partial charge < -0.3 is 4.74 Å². The van der Waals surface area contributed by atoms with Crippen LogP contribution < -0.4 is 4.74 Å². The molecule has 3 rings (SSSR count). The number of hydrogen-bond donors (Lipinski definition) is 0. The number of aromatic nitrogens is 2. The number of hydrogen-bond acceptors (Lipinski definition) is 2. The molecule has 2 heterocycles. The van der Waals surface area contributed by atoms with E-state index < -0.39 is 0 Å². The minimum atomic E-state index is -0.263. The molecule has 2 aromatic heterocycles. The maximum absolute atomic E-state index is 13.0. The van der Waals surface area contributed by atoms with Gasteiger partial charge in [0.15, 0.2) is 0 Å². The van der Waals surface area contributed by atoms with Crippen LogP contribution in [0.2, 0.25) is 0 Å². The summed E-state index contributed by atoms with van der Waals surface area (Å²) in [6.07, 6.45) is 1.85. The van der Waals surface area contributed by atoms with Crippen LogP contribution in [-0.2, 0) is 0 Å². The monoisotopic (exact) mass is 320 g/mol. The van der Waals surface area contributed by atoms with Crippen LogP contribution in [0.3, 0.4) is 0 Å². The van der Waals surface area contributed by atoms with E-state index in [2.05, 4.69) is 20.9 Å². The largest absolute Gasteiger partial charge is 0.495 e. The van der Waals surface area contributed by atoms with E-state index in [1.165, 1.54) is 12.1 Å². The van der Waals surface area contributed by atoms with Gasteiger partial charge in [0.25, 0.3) is 0 Å². The molecule has 0 N–H and O–H groups in total. The molecule has 96 valence electrons. The summed E-state index contributed by atoms with van der Waals surface area (Å²) >= 11 is 3.43. The maximum Gasteiger partial charge on any atom is 0.146 e. The Morgan fingerprint density at radius 2 is 1.89 bits per heavy atom. The molecule has 0 aliphatic heterocycles. The molecule has 0 atom stereocenters. The molecule has 0 unspecified atom stereocenters. The lowest BCUT2D eigenvalue weighted by molar-refractivity contribution is 0.412. The fraction of sp³-hybridized carbons (Fsp3) is 0.0714. The van der Waals surface area contributed by atoms with Crippen molar-refractivity contribution in [1.29, 1.82) is 0 Å². The number of nitrogens with zero attached hydrogens (tertiary/aromatic N) is 2. The van der Waals surface area contributed by atoms with Crippen LogP contribution in [0, 0.1) is 5.82 Å². The first-order valence-corrected chi connectivity index (χ1v) is 6.46. The van der Waals surface area contributed by atoms with Crippen LogP contribution in [0.4, 0.5) is 4.39 Å². The van der Waals surface area contributed by atoms with Crippen molar-refractivity contribution in [2.45, 2.75) is 0 Å². The molecule has 5 heteroatoms. The van der Waals surface area contributed by atoms with Gasteiger partial charge in [0.2, 0.25) is 0 Å². The number of fused-ring (bicyclic) bond motifs is 1. The van der Waals surface area contributed by atoms with Crippen molar-refractivity contribution in [3.8, 4) is 17.1 Å². The zero-order valence-electron chi connectivity index (χ0n) is 10.1. The molecule has 0 saturated heterocycles. The van der Waals surface area contributed by atoms with Gasteiger partial charge in [-0.2, -0.15) is 0 Å². The summed E-state index contributed by atoms with van der Waals surface area (Å²) in [5.74, 6) is 1.21. The Kier molecular flexibility index (Phi) is 2.98. The lowest BCUT2D eigenvalue weighted by Gasteiger charge is -2.04. The number of benzene rings is 1. The Morgan fingerprint density at radius 3 is 2.58 bits per heavy atom. The van der Waals surface area contributed by atoms with Crippen molar-refractivity contribution in [1.82, 2.24) is 9.38 Å². The van der Waals surface area contributed by atoms with E-state index in [1.54, 1.807) is 19.2 Å². The van der Waals surface area contributed by atoms with Crippen LogP contribution in [0.25, 0.3) is 16.9 Å². The summed E-state index contributed by atoms with van der Waals surface area (Å²) in [4.78, 5) is 4.47. The quantitative estimate of drug-likeness (QED) is 0.715. The topological polar surface area (TPSA) is 26.5 Å². The van der Waals surface area contributed by atoms with Gasteiger partial charge in [-0.05, 0) is 52.3 Å². The Labute approximate surface area is 117 Å². The molecule has 0 radical (unpaired) electrons. The average molecular weight is 321 g/mol. The molecule has 19 heavy (non-hydrogen) atoms. The van der Waals surface area contributed by atoms with E-state index in [0.717, 1.165) is 27.3 Å². The molecular formula is C14H10BrFN2O. The summed E-state index contributed by atoms with van der Waals surface area (Å²) in [5, 5.41) is 0. The van der Waals surface area contributed by atoms with Crippen molar-refractivity contribution >= 4 is 21.4 Å². The summed E-state index contributed by atoms with van der Waals surface area (Å²) in [7, 11) is 1.62. The highest BCUT2D eigenvalue weighted by Crippen LogP contribution is 2.28. The zero-order valence-corrected chi connectivity index (χ0v) is 11.7. The highest BCUT2D eigenvalue weighted by molar-refractivity contribution is 9.10. The third kappa shape index (κ3) is 2.10. The Bertz CT molecular complexity index is 737. The van der Waals surface area contributed by atoms with Crippen LogP contribution in [0.15, 0.2) is 47.2 Å². The van der Waals surface area contributed by atoms with E-state index in [4.69, 9.17) is 4.74 Å². The summed E-state index contributed by atoms with van der Waals surface area (Å²) in [6, 6.07) is 10.0. The van der Waals surface area contributed by atoms with Gasteiger partial charge in [0.05, 0.1) is 18.8 Å². The number of imidazole rings is 1. The van der Waals surface area contributed by atoms with E-state index in [9.17, 15) is 4.39 Å². The molecule has 0 amide bonds. The molecule has 3 nitrogen and oxygen atoms in total. The van der Waals surface area contributed by atoms with Crippen LogP contribution in [0.5, 0.6) is 5.75 Å². The summed E-state index contributed by atoms with van der Waals surface area (Å²) < 4.78 is 20.9. The molecule has 0 saturated carbocycles. The third-order valence-electron chi connectivity index (χ3n) is 2.90. The zero-order chi connectivity index (χ0) is 13.4. The SMILES string of the molecule is COc1ccc2c(Br)nc(-c3ccc(F)cc3)n2c1. The predicted molar refractivity (Wildman–Crippen MR) is 74.8 cm³/mol. The van der Waals surface area contributed by atoms with Crippen molar-refractivity contribution in [2.75, 3.05) is 7.11 Å². The summed E-state index contributed by atoms with van der Waals surface area (Å²) in [5.41, 5.74) is 1.77. The fourth-order valence-electron chi connectivity index (χ4n) is 1.95. The Morgan fingerprint density at radius 1 is 1.16 bits per heavy atom. The van der Waals surface area contributed by atoms with E-state index in [1.807, 2.05) is 22.7 Å². The van der Waals surface area contributed by atoms with Gasteiger partial charge in [-0.1, -0.05) is 0 Å². The molecular weight excluding hydrogens is 311 g/mol. The molecule has 0 aliphatic rings. The van der Waals surface area contributed by atoms with Crippen molar-refractivity contribution in [3.63, 3.8) is 0 Å². The van der Waals surface area contributed by atoms with Crippen molar-refractivity contribution < 1.29 is 9.13 Å². The molecule has 0 bridgehead atoms. The molecule has 1 aromatic carbocycles. The second-order valence-corrected chi connectivity index (χ2v) is 4.81. The van der Waals surface area contributed by atoms with Gasteiger partial charge in [-0.15, -0.1) is 0 Å². The first-order valence-electron chi connectivity index (χ1n) is 5.66. The number of pyridine rings is 1. The lowest BCUT2D eigenvalue weighted by atomic mass is 10.2. The standard InChI is InChI=1S/C14H10BrFN2O/c1-19-11-6-7-12-13(15)17-14(18(12)8-11)9-2-4-10(16)5-3-9/h2-8H,1H3. The normalized spacial score (nSPS) is 10.9. The smallest absolute Gasteiger partial charge is 0.146 e. The number of halogens is 2. The van der Waals surface area contributed by atoms with E-state index in [0.29, 0.717) is 0 Å². The average Bonchev–Trinajstić information content (AvgIpc) is 2.76. The van der Waals surface area contributed by atoms with Crippen LogP contribution in [-0.4, -0.2) is 16.5 Å². The maximum atomic E-state index is 13.0. The molecule has 3 aromatic rings. The highest BCUT2D eigenvalue weighted by Gasteiger charge is 2.11. The lowest BCUT2D eigenvalue weighted by Crippen LogP contribution is -1.91. The van der Waals surface area contributed by atoms with Crippen LogP contribution in [0.1, 0.15) is 0 Å². The minimum absolute atomic E-state index is 0.263. The van der Waals surface area contributed by atoms with Crippen molar-refractivity contribution in [3.05, 3.63) is 53.0 Å². The molecule has 0 aliphatic carbocycles. The van der Waals surface area contributed by atoms with E-state index >= 15 is 0 Å². The number of methoxy groups -OCH3 is 1. The van der Waals surface area contributed by atoms with Gasteiger partial charge >= 0.3 is 0 Å². The summed E-state index contributed by atoms with van der Waals surface area (Å²) in [6.45, 7) is 0. The first-order chi connectivity index (χ1) is 9.19. The highest BCUT2D eigenvalue weighted by atomic mass is 79.9. The van der Waals surface area contributed by atoms with Gasteiger partial charge in [-0.25, -0.2) is 9.37 Å². The van der Waals surface area contributed by atoms with Gasteiger partial charge in [0.1, 0.15) is 22.0 Å². The number of rotatable bonds is 2. The predicted octanol–water partition coefficient (Wildman–Crippen LogP) is 3.91. The Hall–Kier alpha value is -1.88. The van der Waals surface area contributed by atoms with Crippen LogP contribution >= 0.6 is 15.9 Å². The fourth-order valence-corrected chi connectivity index (χ4v) is 2.44. The Balaban J connectivity index is 2.25. The molecule has 0 spiro atoms. The number of ether oxygens (including phenoxy) is 1. The molecule has 0 fully saturated rings. The van der Waals surface area contributed by atoms with Crippen molar-refractivity contribution in [2.24, 2.45) is 0 Å². The third-order valence-corrected chi connectivity index (χ3v) is 3.49. The van der Waals surface area contributed by atoms with Gasteiger partial charge in [0, 0.05) is 5.56 Å².